The topological polar surface area (TPSA) is 41.5 Å². The van der Waals surface area contributed by atoms with Gasteiger partial charge in [-0.25, -0.2) is 5.43 Å². The van der Waals surface area contributed by atoms with Gasteiger partial charge in [0.1, 0.15) is 0 Å². The van der Waals surface area contributed by atoms with Crippen LogP contribution in [0.1, 0.15) is 21.5 Å². The second-order valence-electron chi connectivity index (χ2n) is 4.30. The molecule has 0 bridgehead atoms. The summed E-state index contributed by atoms with van der Waals surface area (Å²) in [5, 5.41) is 3.25. The molecule has 0 fully saturated rings. The lowest BCUT2D eigenvalue weighted by atomic mass is 10.1. The highest BCUT2D eigenvalue weighted by atomic mass is 35.5. The third kappa shape index (κ3) is 4.08. The van der Waals surface area contributed by atoms with Gasteiger partial charge in [0.05, 0.1) is 16.8 Å². The Balaban J connectivity index is 2.10. The molecule has 0 heterocycles. The molecule has 0 saturated heterocycles. The van der Waals surface area contributed by atoms with Crippen LogP contribution >= 0.6 is 11.6 Å². The molecule has 3 nitrogen and oxygen atoms in total. The van der Waals surface area contributed by atoms with Crippen molar-refractivity contribution in [2.24, 2.45) is 5.10 Å². The molecular formula is C15H10ClF3N2O. The SMILES string of the molecule is O=C(N/N=C/c1ccc(Cl)c(C(F)(F)F)c1)c1ccccc1. The molecule has 0 aliphatic carbocycles. The van der Waals surface area contributed by atoms with Crippen molar-refractivity contribution in [3.8, 4) is 0 Å². The number of nitrogens with zero attached hydrogens (tertiary/aromatic N) is 1. The number of halogens is 4. The Morgan fingerprint density at radius 1 is 1.14 bits per heavy atom. The molecule has 0 unspecified atom stereocenters. The van der Waals surface area contributed by atoms with E-state index in [0.29, 0.717) is 5.56 Å². The molecule has 1 N–H and O–H groups in total. The first kappa shape index (κ1) is 16.0. The van der Waals surface area contributed by atoms with Gasteiger partial charge in [-0.1, -0.05) is 35.9 Å². The molecule has 0 atom stereocenters. The zero-order valence-electron chi connectivity index (χ0n) is 11.1. The van der Waals surface area contributed by atoms with Crippen molar-refractivity contribution in [3.05, 3.63) is 70.2 Å². The minimum atomic E-state index is -4.55. The molecule has 22 heavy (non-hydrogen) atoms. The average molecular weight is 327 g/mol. The van der Waals surface area contributed by atoms with Gasteiger partial charge in [-0.3, -0.25) is 4.79 Å². The molecule has 0 spiro atoms. The number of carbonyl (C=O) groups is 1. The summed E-state index contributed by atoms with van der Waals surface area (Å²) in [6, 6.07) is 11.7. The van der Waals surface area contributed by atoms with E-state index in [1.807, 2.05) is 0 Å². The summed E-state index contributed by atoms with van der Waals surface area (Å²) in [7, 11) is 0. The van der Waals surface area contributed by atoms with Crippen LogP contribution in [0.15, 0.2) is 53.6 Å². The molecule has 0 aliphatic heterocycles. The molecule has 0 aliphatic rings. The third-order valence-corrected chi connectivity index (χ3v) is 3.04. The highest BCUT2D eigenvalue weighted by Gasteiger charge is 2.33. The zero-order valence-corrected chi connectivity index (χ0v) is 11.8. The van der Waals surface area contributed by atoms with Crippen LogP contribution in [-0.4, -0.2) is 12.1 Å². The van der Waals surface area contributed by atoms with Crippen molar-refractivity contribution in [1.82, 2.24) is 5.43 Å². The van der Waals surface area contributed by atoms with Crippen LogP contribution in [0.3, 0.4) is 0 Å². The molecule has 2 aromatic carbocycles. The highest BCUT2D eigenvalue weighted by molar-refractivity contribution is 6.31. The Labute approximate surface area is 129 Å². The summed E-state index contributed by atoms with van der Waals surface area (Å²) in [5.41, 5.74) is 1.85. The molecule has 0 radical (unpaired) electrons. The average Bonchev–Trinajstić information content (AvgIpc) is 2.48. The number of hydrazone groups is 1. The first-order valence-corrected chi connectivity index (χ1v) is 6.51. The Morgan fingerprint density at radius 2 is 1.82 bits per heavy atom. The van der Waals surface area contributed by atoms with Crippen molar-refractivity contribution in [3.63, 3.8) is 0 Å². The minimum absolute atomic E-state index is 0.171. The van der Waals surface area contributed by atoms with Gasteiger partial charge in [0.15, 0.2) is 0 Å². The van der Waals surface area contributed by atoms with Gasteiger partial charge in [0.2, 0.25) is 0 Å². The number of carbonyl (C=O) groups excluding carboxylic acids is 1. The fourth-order valence-electron chi connectivity index (χ4n) is 1.66. The first-order valence-electron chi connectivity index (χ1n) is 6.13. The van der Waals surface area contributed by atoms with Gasteiger partial charge in [-0.2, -0.15) is 18.3 Å². The predicted octanol–water partition coefficient (Wildman–Crippen LogP) is 4.12. The second-order valence-corrected chi connectivity index (χ2v) is 4.71. The minimum Gasteiger partial charge on any atom is -0.267 e. The van der Waals surface area contributed by atoms with Crippen molar-refractivity contribution < 1.29 is 18.0 Å². The van der Waals surface area contributed by atoms with Crippen LogP contribution < -0.4 is 5.43 Å². The van der Waals surface area contributed by atoms with Crippen LogP contribution in [0.5, 0.6) is 0 Å². The van der Waals surface area contributed by atoms with E-state index in [2.05, 4.69) is 10.5 Å². The Kier molecular flexibility index (Phi) is 4.82. The first-order chi connectivity index (χ1) is 10.4. The van der Waals surface area contributed by atoms with Crippen LogP contribution in [0.25, 0.3) is 0 Å². The maximum absolute atomic E-state index is 12.7. The molecule has 2 aromatic rings. The summed E-state index contributed by atoms with van der Waals surface area (Å²) < 4.78 is 38.1. The Bertz CT molecular complexity index is 700. The maximum atomic E-state index is 12.7. The lowest BCUT2D eigenvalue weighted by Crippen LogP contribution is -2.17. The number of amides is 1. The molecule has 7 heteroatoms. The fourth-order valence-corrected chi connectivity index (χ4v) is 1.88. The van der Waals surface area contributed by atoms with Gasteiger partial charge in [-0.05, 0) is 29.8 Å². The standard InChI is InChI=1S/C15H10ClF3N2O/c16-13-7-6-10(8-12(13)15(17,18)19)9-20-21-14(22)11-4-2-1-3-5-11/h1-9H,(H,21,22)/b20-9+. The van der Waals surface area contributed by atoms with Gasteiger partial charge in [0.25, 0.3) is 5.91 Å². The summed E-state index contributed by atoms with van der Waals surface area (Å²) >= 11 is 5.51. The molecule has 2 rings (SSSR count). The van der Waals surface area contributed by atoms with Gasteiger partial charge in [-0.15, -0.1) is 0 Å². The molecule has 0 aromatic heterocycles. The zero-order chi connectivity index (χ0) is 16.2. The van der Waals surface area contributed by atoms with Crippen LogP contribution in [-0.2, 0) is 6.18 Å². The number of hydrogen-bond acceptors (Lipinski definition) is 2. The third-order valence-electron chi connectivity index (χ3n) is 2.71. The largest absolute Gasteiger partial charge is 0.417 e. The smallest absolute Gasteiger partial charge is 0.267 e. The van der Waals surface area contributed by atoms with E-state index in [1.54, 1.807) is 30.3 Å². The van der Waals surface area contributed by atoms with Crippen LogP contribution in [0.4, 0.5) is 13.2 Å². The van der Waals surface area contributed by atoms with Crippen molar-refractivity contribution >= 4 is 23.7 Å². The van der Waals surface area contributed by atoms with E-state index in [-0.39, 0.29) is 5.56 Å². The van der Waals surface area contributed by atoms with Crippen molar-refractivity contribution in [2.75, 3.05) is 0 Å². The van der Waals surface area contributed by atoms with Crippen molar-refractivity contribution in [2.45, 2.75) is 6.18 Å². The Morgan fingerprint density at radius 3 is 2.45 bits per heavy atom. The second kappa shape index (κ2) is 6.62. The number of nitrogens with one attached hydrogen (secondary N) is 1. The fraction of sp³-hybridized carbons (Fsp3) is 0.0667. The molecule has 114 valence electrons. The van der Waals surface area contributed by atoms with Gasteiger partial charge >= 0.3 is 6.18 Å². The lowest BCUT2D eigenvalue weighted by molar-refractivity contribution is -0.137. The lowest BCUT2D eigenvalue weighted by Gasteiger charge is -2.09. The number of benzene rings is 2. The summed E-state index contributed by atoms with van der Waals surface area (Å²) in [6.07, 6.45) is -3.43. The van der Waals surface area contributed by atoms with E-state index in [9.17, 15) is 18.0 Å². The van der Waals surface area contributed by atoms with Gasteiger partial charge in [0, 0.05) is 5.56 Å². The predicted molar refractivity (Wildman–Crippen MR) is 78.0 cm³/mol. The van der Waals surface area contributed by atoms with Crippen LogP contribution in [0, 0.1) is 0 Å². The normalized spacial score (nSPS) is 11.6. The molecular weight excluding hydrogens is 317 g/mol. The number of rotatable bonds is 3. The number of alkyl halides is 3. The molecule has 1 amide bonds. The molecule has 0 saturated carbocycles. The summed E-state index contributed by atoms with van der Waals surface area (Å²) in [4.78, 5) is 11.7. The van der Waals surface area contributed by atoms with E-state index < -0.39 is 22.7 Å². The summed E-state index contributed by atoms with van der Waals surface area (Å²) in [5.74, 6) is -0.457. The summed E-state index contributed by atoms with van der Waals surface area (Å²) in [6.45, 7) is 0. The Hall–Kier alpha value is -2.34. The quantitative estimate of drug-likeness (QED) is 0.669. The van der Waals surface area contributed by atoms with Crippen LogP contribution in [0.2, 0.25) is 5.02 Å². The maximum Gasteiger partial charge on any atom is 0.417 e. The number of hydrogen-bond donors (Lipinski definition) is 1. The van der Waals surface area contributed by atoms with E-state index >= 15 is 0 Å². The monoisotopic (exact) mass is 326 g/mol. The van der Waals surface area contributed by atoms with E-state index in [4.69, 9.17) is 11.6 Å². The van der Waals surface area contributed by atoms with E-state index in [0.717, 1.165) is 18.3 Å². The van der Waals surface area contributed by atoms with Crippen molar-refractivity contribution in [1.29, 1.82) is 0 Å². The van der Waals surface area contributed by atoms with E-state index in [1.165, 1.54) is 6.07 Å². The van der Waals surface area contributed by atoms with Gasteiger partial charge < -0.3 is 0 Å². The highest BCUT2D eigenvalue weighted by Crippen LogP contribution is 2.34.